The number of aliphatic hydroxyl groups excluding tert-OH is 1. The largest absolute Gasteiger partial charge is 0.507 e. The molecule has 36 heavy (non-hydrogen) atoms. The topological polar surface area (TPSA) is 89.2 Å². The Bertz CT molecular complexity index is 1260. The van der Waals surface area contributed by atoms with Gasteiger partial charge in [-0.2, -0.15) is 0 Å². The minimum Gasteiger partial charge on any atom is -0.507 e. The number of Topliss-reactive ketones (excluding diaryl/α,β-unsaturated/α-hetero) is 1. The summed E-state index contributed by atoms with van der Waals surface area (Å²) in [6, 6.07) is 15.1. The van der Waals surface area contributed by atoms with E-state index < -0.39 is 17.7 Å². The molecule has 2 heterocycles. The lowest BCUT2D eigenvalue weighted by molar-refractivity contribution is -0.140. The second-order valence-electron chi connectivity index (χ2n) is 9.19. The minimum absolute atomic E-state index is 0.0333. The predicted octanol–water partition coefficient (Wildman–Crippen LogP) is 5.64. The number of carbonyl (C=O) groups is 2. The number of hydrogen-bond donors (Lipinski definition) is 1. The maximum Gasteiger partial charge on any atom is 0.296 e. The van der Waals surface area contributed by atoms with E-state index in [1.165, 1.54) is 11.2 Å². The lowest BCUT2D eigenvalue weighted by Crippen LogP contribution is -2.29. The van der Waals surface area contributed by atoms with Crippen LogP contribution in [0.4, 0.5) is 0 Å². The van der Waals surface area contributed by atoms with Gasteiger partial charge in [0.05, 0.1) is 37.6 Å². The molecule has 1 fully saturated rings. The van der Waals surface area contributed by atoms with Gasteiger partial charge in [0.2, 0.25) is 0 Å². The normalized spacial score (nSPS) is 17.1. The molecule has 1 N–H and O–H groups in total. The number of amides is 1. The van der Waals surface area contributed by atoms with Crippen molar-refractivity contribution in [3.63, 3.8) is 0 Å². The first kappa shape index (κ1) is 25.1. The van der Waals surface area contributed by atoms with E-state index in [4.69, 9.17) is 13.9 Å². The maximum absolute atomic E-state index is 13.3. The monoisotopic (exact) mass is 489 g/mol. The average molecular weight is 490 g/mol. The fourth-order valence-electron chi connectivity index (χ4n) is 4.24. The summed E-state index contributed by atoms with van der Waals surface area (Å²) in [5.41, 5.74) is 1.98. The number of likely N-dealkylation sites (tertiary alicyclic amines) is 1. The Morgan fingerprint density at radius 2 is 1.83 bits per heavy atom. The molecule has 1 amide bonds. The fourth-order valence-corrected chi connectivity index (χ4v) is 4.24. The Kier molecular flexibility index (Phi) is 7.48. The van der Waals surface area contributed by atoms with Crippen molar-refractivity contribution in [2.24, 2.45) is 5.92 Å². The molecule has 2 aromatic carbocycles. The third-order valence-corrected chi connectivity index (χ3v) is 5.97. The Balaban J connectivity index is 1.77. The Hall–Kier alpha value is -4.00. The molecule has 1 aromatic heterocycles. The van der Waals surface area contributed by atoms with Crippen molar-refractivity contribution >= 4 is 17.4 Å². The van der Waals surface area contributed by atoms with Crippen LogP contribution in [-0.2, 0) is 16.1 Å². The van der Waals surface area contributed by atoms with Gasteiger partial charge in [-0.3, -0.25) is 9.59 Å². The summed E-state index contributed by atoms with van der Waals surface area (Å²) in [5, 5.41) is 11.3. The van der Waals surface area contributed by atoms with Gasteiger partial charge >= 0.3 is 0 Å². The highest BCUT2D eigenvalue weighted by atomic mass is 16.5. The number of benzene rings is 2. The standard InChI is InChI=1S/C29H31NO6/c1-5-34-22-11-8-20(9-12-22)26-25(28(32)29(33)30(26)16-23-7-6-14-35-23)27(31)21-10-13-24(19(4)15-21)36-17-18(2)3/h6-15,18,26,31H,5,16-17H2,1-4H3/b27-25-. The van der Waals surface area contributed by atoms with Crippen LogP contribution < -0.4 is 9.47 Å². The first-order valence-corrected chi connectivity index (χ1v) is 12.1. The summed E-state index contributed by atoms with van der Waals surface area (Å²) in [6.07, 6.45) is 1.52. The van der Waals surface area contributed by atoms with Gasteiger partial charge in [-0.15, -0.1) is 0 Å². The summed E-state index contributed by atoms with van der Waals surface area (Å²) in [7, 11) is 0. The van der Waals surface area contributed by atoms with E-state index >= 15 is 0 Å². The van der Waals surface area contributed by atoms with Crippen molar-refractivity contribution in [3.8, 4) is 11.5 Å². The molecule has 188 valence electrons. The fraction of sp³-hybridized carbons (Fsp3) is 0.310. The quantitative estimate of drug-likeness (QED) is 0.238. The van der Waals surface area contributed by atoms with Gasteiger partial charge in [0.15, 0.2) is 0 Å². The second kappa shape index (κ2) is 10.7. The molecule has 7 heteroatoms. The highest BCUT2D eigenvalue weighted by molar-refractivity contribution is 6.46. The molecule has 3 aromatic rings. The zero-order valence-electron chi connectivity index (χ0n) is 21.0. The summed E-state index contributed by atoms with van der Waals surface area (Å²) in [5.74, 6) is 0.634. The Morgan fingerprint density at radius 3 is 2.44 bits per heavy atom. The van der Waals surface area contributed by atoms with Gasteiger partial charge in [-0.25, -0.2) is 0 Å². The van der Waals surface area contributed by atoms with E-state index in [-0.39, 0.29) is 17.9 Å². The molecule has 1 atom stereocenters. The first-order valence-electron chi connectivity index (χ1n) is 12.1. The van der Waals surface area contributed by atoms with Gasteiger partial charge in [0, 0.05) is 5.56 Å². The molecule has 4 rings (SSSR count). The smallest absolute Gasteiger partial charge is 0.296 e. The molecule has 1 unspecified atom stereocenters. The van der Waals surface area contributed by atoms with Crippen LogP contribution >= 0.6 is 0 Å². The van der Waals surface area contributed by atoms with Crippen LogP contribution in [-0.4, -0.2) is 34.9 Å². The molecule has 0 spiro atoms. The minimum atomic E-state index is -0.789. The molecule has 1 saturated heterocycles. The average Bonchev–Trinajstić information content (AvgIpc) is 3.46. The zero-order chi connectivity index (χ0) is 25.8. The first-order chi connectivity index (χ1) is 17.3. The molecule has 1 aliphatic rings. The van der Waals surface area contributed by atoms with Crippen LogP contribution in [0.5, 0.6) is 11.5 Å². The molecule has 0 aliphatic carbocycles. The number of ether oxygens (including phenoxy) is 2. The third-order valence-electron chi connectivity index (χ3n) is 5.97. The number of nitrogens with zero attached hydrogens (tertiary/aromatic N) is 1. The third kappa shape index (κ3) is 5.15. The van der Waals surface area contributed by atoms with Crippen molar-refractivity contribution in [3.05, 3.63) is 88.9 Å². The van der Waals surface area contributed by atoms with Crippen LogP contribution in [0.3, 0.4) is 0 Å². The van der Waals surface area contributed by atoms with Crippen molar-refractivity contribution in [1.82, 2.24) is 4.90 Å². The number of carbonyl (C=O) groups excluding carboxylic acids is 2. The van der Waals surface area contributed by atoms with Crippen molar-refractivity contribution in [1.29, 1.82) is 0 Å². The van der Waals surface area contributed by atoms with Crippen LogP contribution in [0.1, 0.15) is 49.3 Å². The lowest BCUT2D eigenvalue weighted by atomic mass is 9.94. The molecule has 0 radical (unpaired) electrons. The van der Waals surface area contributed by atoms with Crippen molar-refractivity contribution in [2.45, 2.75) is 40.3 Å². The van der Waals surface area contributed by atoms with Gasteiger partial charge < -0.3 is 23.9 Å². The highest BCUT2D eigenvalue weighted by Gasteiger charge is 2.46. The second-order valence-corrected chi connectivity index (χ2v) is 9.19. The van der Waals surface area contributed by atoms with Crippen molar-refractivity contribution in [2.75, 3.05) is 13.2 Å². The number of aliphatic hydroxyl groups is 1. The molecular weight excluding hydrogens is 458 g/mol. The number of rotatable bonds is 9. The van der Waals surface area contributed by atoms with Gasteiger partial charge in [-0.1, -0.05) is 26.0 Å². The summed E-state index contributed by atoms with van der Waals surface area (Å²) in [4.78, 5) is 27.8. The SMILES string of the molecule is CCOc1ccc(C2/C(=C(/O)c3ccc(OCC(C)C)c(C)c3)C(=O)C(=O)N2Cc2ccco2)cc1. The van der Waals surface area contributed by atoms with Crippen LogP contribution in [0, 0.1) is 12.8 Å². The number of hydrogen-bond acceptors (Lipinski definition) is 6. The summed E-state index contributed by atoms with van der Waals surface area (Å²) >= 11 is 0. The van der Waals surface area contributed by atoms with Crippen molar-refractivity contribution < 1.29 is 28.6 Å². The van der Waals surface area contributed by atoms with Gasteiger partial charge in [0.25, 0.3) is 11.7 Å². The predicted molar refractivity (Wildman–Crippen MR) is 136 cm³/mol. The van der Waals surface area contributed by atoms with Gasteiger partial charge in [-0.05, 0) is 73.4 Å². The number of aryl methyl sites for hydroxylation is 1. The zero-order valence-corrected chi connectivity index (χ0v) is 21.0. The molecule has 0 saturated carbocycles. The van der Waals surface area contributed by atoms with E-state index in [0.29, 0.717) is 47.5 Å². The molecular formula is C29H31NO6. The van der Waals surface area contributed by atoms with E-state index in [9.17, 15) is 14.7 Å². The molecule has 0 bridgehead atoms. The van der Waals surface area contributed by atoms with Crippen LogP contribution in [0.25, 0.3) is 5.76 Å². The van der Waals surface area contributed by atoms with Gasteiger partial charge in [0.1, 0.15) is 23.0 Å². The summed E-state index contributed by atoms with van der Waals surface area (Å²) in [6.45, 7) is 9.09. The maximum atomic E-state index is 13.3. The van der Waals surface area contributed by atoms with Crippen LogP contribution in [0.15, 0.2) is 70.9 Å². The summed E-state index contributed by atoms with van der Waals surface area (Å²) < 4.78 is 16.8. The number of furan rings is 1. The Labute approximate surface area is 210 Å². The van der Waals surface area contributed by atoms with E-state index in [1.54, 1.807) is 54.6 Å². The van der Waals surface area contributed by atoms with Crippen LogP contribution in [0.2, 0.25) is 0 Å². The molecule has 7 nitrogen and oxygen atoms in total. The van der Waals surface area contributed by atoms with E-state index in [0.717, 1.165) is 5.56 Å². The lowest BCUT2D eigenvalue weighted by Gasteiger charge is -2.24. The highest BCUT2D eigenvalue weighted by Crippen LogP contribution is 2.41. The van der Waals surface area contributed by atoms with E-state index in [1.807, 2.05) is 13.8 Å². The Morgan fingerprint density at radius 1 is 1.08 bits per heavy atom. The number of ketones is 1. The van der Waals surface area contributed by atoms with E-state index in [2.05, 4.69) is 13.8 Å². The molecule has 1 aliphatic heterocycles.